The smallest absolute Gasteiger partial charge is 0.114 e. The Morgan fingerprint density at radius 3 is 2.00 bits per heavy atom. The number of hydrogen-bond donors (Lipinski definition) is 6. The van der Waals surface area contributed by atoms with Gasteiger partial charge in [0.05, 0.1) is 39.6 Å². The van der Waals surface area contributed by atoms with Crippen LogP contribution in [0, 0.1) is 0 Å². The van der Waals surface area contributed by atoms with Crippen LogP contribution in [0.1, 0.15) is 0 Å². The predicted molar refractivity (Wildman–Crippen MR) is 59.8 cm³/mol. The first-order chi connectivity index (χ1) is 8.58. The third kappa shape index (κ3) is 6.57. The van der Waals surface area contributed by atoms with E-state index in [9.17, 15) is 0 Å². The molecule has 0 spiro atoms. The molecule has 1 saturated heterocycles. The van der Waals surface area contributed by atoms with Crippen LogP contribution in [0.2, 0.25) is 0 Å². The Labute approximate surface area is 105 Å². The van der Waals surface area contributed by atoms with Crippen LogP contribution < -0.4 is 0 Å². The average molecular weight is 270 g/mol. The summed E-state index contributed by atoms with van der Waals surface area (Å²) in [6, 6.07) is 0. The third-order valence-electron chi connectivity index (χ3n) is 2.23. The molecule has 1 aliphatic rings. The molecule has 1 rings (SSSR count). The number of ether oxygens (including phenoxy) is 2. The monoisotopic (exact) mass is 270 g/mol. The van der Waals surface area contributed by atoms with Gasteiger partial charge in [0.2, 0.25) is 0 Å². The van der Waals surface area contributed by atoms with E-state index in [4.69, 9.17) is 35.4 Å². The van der Waals surface area contributed by atoms with Crippen molar-refractivity contribution in [1.29, 1.82) is 0 Å². The molecular weight excluding hydrogens is 248 g/mol. The van der Waals surface area contributed by atoms with Gasteiger partial charge in [0.1, 0.15) is 24.4 Å². The van der Waals surface area contributed by atoms with E-state index in [1.54, 1.807) is 0 Å². The molecule has 0 aromatic heterocycles. The molecular formula is C10H22O8. The highest BCUT2D eigenvalue weighted by Gasteiger charge is 2.38. The predicted octanol–water partition coefficient (Wildman–Crippen LogP) is -3.55. The summed E-state index contributed by atoms with van der Waals surface area (Å²) in [6.07, 6.45) is -4.05. The van der Waals surface area contributed by atoms with Crippen LogP contribution >= 0.6 is 0 Å². The fourth-order valence-corrected chi connectivity index (χ4v) is 1.30. The number of aliphatic hydroxyl groups excluding tert-OH is 6. The van der Waals surface area contributed by atoms with E-state index in [0.29, 0.717) is 13.2 Å². The van der Waals surface area contributed by atoms with Crippen LogP contribution in [-0.4, -0.2) is 94.7 Å². The van der Waals surface area contributed by atoms with Gasteiger partial charge in [-0.15, -0.1) is 0 Å². The first-order valence-corrected chi connectivity index (χ1v) is 5.64. The van der Waals surface area contributed by atoms with Crippen molar-refractivity contribution in [2.45, 2.75) is 24.4 Å². The molecule has 0 radical (unpaired) electrons. The molecule has 0 saturated carbocycles. The molecule has 18 heavy (non-hydrogen) atoms. The highest BCUT2D eigenvalue weighted by atomic mass is 16.5. The van der Waals surface area contributed by atoms with Crippen LogP contribution in [0.15, 0.2) is 0 Å². The van der Waals surface area contributed by atoms with Crippen molar-refractivity contribution >= 4 is 0 Å². The lowest BCUT2D eigenvalue weighted by molar-refractivity contribution is -0.0684. The van der Waals surface area contributed by atoms with Crippen molar-refractivity contribution in [2.24, 2.45) is 0 Å². The Bertz CT molecular complexity index is 187. The van der Waals surface area contributed by atoms with Gasteiger partial charge in [-0.3, -0.25) is 0 Å². The molecule has 0 aromatic carbocycles. The van der Waals surface area contributed by atoms with Crippen LogP contribution in [-0.2, 0) is 9.47 Å². The molecule has 3 unspecified atom stereocenters. The highest BCUT2D eigenvalue weighted by molar-refractivity contribution is 4.87. The Kier molecular flexibility index (Phi) is 10.4. The SMILES string of the molecule is OCC(O)C1OCC(O)[C@@H]1O.OCCOCCO. The van der Waals surface area contributed by atoms with Gasteiger partial charge in [-0.05, 0) is 0 Å². The largest absolute Gasteiger partial charge is 0.394 e. The molecule has 0 aliphatic carbocycles. The lowest BCUT2D eigenvalue weighted by Gasteiger charge is -2.18. The summed E-state index contributed by atoms with van der Waals surface area (Å²) in [7, 11) is 0. The summed E-state index contributed by atoms with van der Waals surface area (Å²) >= 11 is 0. The molecule has 6 N–H and O–H groups in total. The van der Waals surface area contributed by atoms with E-state index in [-0.39, 0.29) is 19.8 Å². The van der Waals surface area contributed by atoms with Gasteiger partial charge < -0.3 is 40.1 Å². The molecule has 1 aliphatic heterocycles. The minimum absolute atomic E-state index is 0.00287. The van der Waals surface area contributed by atoms with Crippen LogP contribution in [0.5, 0.6) is 0 Å². The summed E-state index contributed by atoms with van der Waals surface area (Å²) in [4.78, 5) is 0. The van der Waals surface area contributed by atoms with E-state index < -0.39 is 31.0 Å². The second kappa shape index (κ2) is 10.6. The van der Waals surface area contributed by atoms with Crippen molar-refractivity contribution in [3.05, 3.63) is 0 Å². The average Bonchev–Trinajstić information content (AvgIpc) is 2.71. The molecule has 1 heterocycles. The minimum Gasteiger partial charge on any atom is -0.394 e. The molecule has 8 heteroatoms. The van der Waals surface area contributed by atoms with Gasteiger partial charge in [-0.2, -0.15) is 0 Å². The van der Waals surface area contributed by atoms with Crippen LogP contribution in [0.25, 0.3) is 0 Å². The Morgan fingerprint density at radius 1 is 1.11 bits per heavy atom. The minimum atomic E-state index is -1.12. The first kappa shape index (κ1) is 17.7. The van der Waals surface area contributed by atoms with Gasteiger partial charge in [0.25, 0.3) is 0 Å². The standard InChI is InChI=1S/C6H12O5.C4H10O3/c7-1-3(8)6-5(10)4(9)2-11-6;5-1-3-7-4-2-6/h3-10H,1-2H2;5-6H,1-4H2/t3?,4?,5-,6?;/m0./s1. The maximum absolute atomic E-state index is 9.11. The lowest BCUT2D eigenvalue weighted by atomic mass is 10.1. The van der Waals surface area contributed by atoms with Crippen LogP contribution in [0.3, 0.4) is 0 Å². The van der Waals surface area contributed by atoms with E-state index >= 15 is 0 Å². The van der Waals surface area contributed by atoms with Gasteiger partial charge in [0, 0.05) is 0 Å². The Balaban J connectivity index is 0.000000360. The second-order valence-electron chi connectivity index (χ2n) is 3.67. The number of rotatable bonds is 6. The van der Waals surface area contributed by atoms with Gasteiger partial charge in [-0.25, -0.2) is 0 Å². The maximum atomic E-state index is 9.11. The molecule has 0 bridgehead atoms. The number of aliphatic hydroxyl groups is 6. The van der Waals surface area contributed by atoms with E-state index in [0.717, 1.165) is 0 Å². The second-order valence-corrected chi connectivity index (χ2v) is 3.67. The molecule has 8 nitrogen and oxygen atoms in total. The molecule has 1 fully saturated rings. The van der Waals surface area contributed by atoms with Gasteiger partial charge in [-0.1, -0.05) is 0 Å². The zero-order valence-corrected chi connectivity index (χ0v) is 10.1. The van der Waals surface area contributed by atoms with E-state index in [1.165, 1.54) is 0 Å². The zero-order chi connectivity index (χ0) is 14.0. The normalized spacial score (nSPS) is 28.7. The summed E-state index contributed by atoms with van der Waals surface area (Å²) < 4.78 is 9.45. The summed E-state index contributed by atoms with van der Waals surface area (Å²) in [5, 5.41) is 51.7. The Morgan fingerprint density at radius 2 is 1.67 bits per heavy atom. The Hall–Kier alpha value is -0.320. The van der Waals surface area contributed by atoms with Crippen molar-refractivity contribution in [1.82, 2.24) is 0 Å². The summed E-state index contributed by atoms with van der Waals surface area (Å²) in [6.45, 7) is 0.221. The zero-order valence-electron chi connectivity index (χ0n) is 10.1. The van der Waals surface area contributed by atoms with Crippen molar-refractivity contribution in [3.8, 4) is 0 Å². The van der Waals surface area contributed by atoms with Crippen LogP contribution in [0.4, 0.5) is 0 Å². The molecule has 0 amide bonds. The first-order valence-electron chi connectivity index (χ1n) is 5.64. The quantitative estimate of drug-likeness (QED) is 0.273. The fraction of sp³-hybridized carbons (Fsp3) is 1.00. The summed E-state index contributed by atoms with van der Waals surface area (Å²) in [5.41, 5.74) is 0. The highest BCUT2D eigenvalue weighted by Crippen LogP contribution is 2.16. The van der Waals surface area contributed by atoms with Gasteiger partial charge >= 0.3 is 0 Å². The molecule has 110 valence electrons. The topological polar surface area (TPSA) is 140 Å². The maximum Gasteiger partial charge on any atom is 0.114 e. The lowest BCUT2D eigenvalue weighted by Crippen LogP contribution is -2.40. The van der Waals surface area contributed by atoms with E-state index in [2.05, 4.69) is 4.74 Å². The van der Waals surface area contributed by atoms with Crippen molar-refractivity contribution in [2.75, 3.05) is 39.6 Å². The third-order valence-corrected chi connectivity index (χ3v) is 2.23. The van der Waals surface area contributed by atoms with E-state index in [1.807, 2.05) is 0 Å². The molecule has 4 atom stereocenters. The number of hydrogen-bond acceptors (Lipinski definition) is 8. The molecule has 0 aromatic rings. The fourth-order valence-electron chi connectivity index (χ4n) is 1.30. The van der Waals surface area contributed by atoms with Crippen molar-refractivity contribution in [3.63, 3.8) is 0 Å². The van der Waals surface area contributed by atoms with Crippen molar-refractivity contribution < 1.29 is 40.1 Å². The van der Waals surface area contributed by atoms with Gasteiger partial charge in [0.15, 0.2) is 0 Å². The summed E-state index contributed by atoms with van der Waals surface area (Å²) in [5.74, 6) is 0.